The number of pyridine rings is 1. The molecule has 0 saturated heterocycles. The molecule has 0 radical (unpaired) electrons. The number of hydrazine groups is 1. The van der Waals surface area contributed by atoms with E-state index in [1.807, 2.05) is 0 Å². The fraction of sp³-hybridized carbons (Fsp3) is 0.375. The van der Waals surface area contributed by atoms with Gasteiger partial charge in [0, 0.05) is 13.2 Å². The van der Waals surface area contributed by atoms with Gasteiger partial charge in [-0.05, 0) is 12.1 Å². The zero-order chi connectivity index (χ0) is 14.0. The predicted molar refractivity (Wildman–Crippen MR) is 57.9 cm³/mol. The first-order valence-electron chi connectivity index (χ1n) is 4.63. The lowest BCUT2D eigenvalue weighted by Gasteiger charge is -2.19. The van der Waals surface area contributed by atoms with Crippen LogP contribution in [0.2, 0.25) is 0 Å². The number of anilines is 1. The molecule has 0 aliphatic heterocycles. The van der Waals surface area contributed by atoms with Gasteiger partial charge >= 0.3 is 6.18 Å². The second-order valence-electron chi connectivity index (χ2n) is 3.38. The Balaban J connectivity index is 3.14. The molecule has 0 atom stereocenters. The molecule has 0 spiro atoms. The molecule has 0 fully saturated rings. The number of nitrogens with one attached hydrogen (secondary N) is 1. The summed E-state index contributed by atoms with van der Waals surface area (Å²) in [5.41, 5.74) is 1.99. The number of hydrogen-bond donors (Lipinski definition) is 2. The minimum absolute atomic E-state index is 0.0773. The highest BCUT2D eigenvalue weighted by Gasteiger charge is 2.36. The molecule has 0 aliphatic carbocycles. The fourth-order valence-corrected chi connectivity index (χ4v) is 2.40. The highest BCUT2D eigenvalue weighted by molar-refractivity contribution is 7.89. The molecule has 0 saturated carbocycles. The van der Waals surface area contributed by atoms with E-state index in [1.165, 1.54) is 12.1 Å². The van der Waals surface area contributed by atoms with E-state index < -0.39 is 27.8 Å². The van der Waals surface area contributed by atoms with E-state index in [9.17, 15) is 21.6 Å². The van der Waals surface area contributed by atoms with Crippen molar-refractivity contribution in [2.75, 3.05) is 19.0 Å². The molecule has 0 bridgehead atoms. The van der Waals surface area contributed by atoms with E-state index >= 15 is 0 Å². The molecular formula is C8H11F3N4O2S. The molecule has 1 rings (SSSR count). The Labute approximate surface area is 102 Å². The standard InChI is InChI=1S/C8H11F3N4O2S/c1-15(5-8(9,10)11)18(16,17)7-6(14-12)3-2-4-13-7/h2-4,14H,5,12H2,1H3. The summed E-state index contributed by atoms with van der Waals surface area (Å²) in [5, 5.41) is -0.556. The molecule has 0 aromatic carbocycles. The lowest BCUT2D eigenvalue weighted by atomic mass is 10.4. The van der Waals surface area contributed by atoms with Crippen LogP contribution in [0.15, 0.2) is 23.4 Å². The van der Waals surface area contributed by atoms with Gasteiger partial charge in [0.25, 0.3) is 10.0 Å². The number of sulfonamides is 1. The van der Waals surface area contributed by atoms with Gasteiger partial charge in [-0.3, -0.25) is 5.84 Å². The van der Waals surface area contributed by atoms with E-state index in [0.29, 0.717) is 0 Å². The smallest absolute Gasteiger partial charge is 0.321 e. The second kappa shape index (κ2) is 5.08. The third-order valence-corrected chi connectivity index (χ3v) is 3.75. The van der Waals surface area contributed by atoms with Crippen molar-refractivity contribution in [3.8, 4) is 0 Å². The molecule has 1 heterocycles. The number of hydrogen-bond acceptors (Lipinski definition) is 5. The monoisotopic (exact) mass is 284 g/mol. The Morgan fingerprint density at radius 1 is 1.50 bits per heavy atom. The van der Waals surface area contributed by atoms with Crippen LogP contribution in [0.5, 0.6) is 0 Å². The van der Waals surface area contributed by atoms with E-state index in [0.717, 1.165) is 13.2 Å². The average molecular weight is 284 g/mol. The average Bonchev–Trinajstić information content (AvgIpc) is 2.26. The summed E-state index contributed by atoms with van der Waals surface area (Å²) in [4.78, 5) is 3.53. The van der Waals surface area contributed by atoms with Gasteiger partial charge in [-0.2, -0.15) is 17.5 Å². The number of halogens is 3. The van der Waals surface area contributed by atoms with E-state index in [4.69, 9.17) is 5.84 Å². The van der Waals surface area contributed by atoms with Crippen LogP contribution in [-0.4, -0.2) is 37.5 Å². The van der Waals surface area contributed by atoms with Crippen molar-refractivity contribution in [2.24, 2.45) is 5.84 Å². The number of rotatable bonds is 4. The Kier molecular flexibility index (Phi) is 4.14. The van der Waals surface area contributed by atoms with Crippen molar-refractivity contribution in [3.63, 3.8) is 0 Å². The Morgan fingerprint density at radius 3 is 2.61 bits per heavy atom. The molecule has 18 heavy (non-hydrogen) atoms. The highest BCUT2D eigenvalue weighted by atomic mass is 32.2. The van der Waals surface area contributed by atoms with Crippen molar-refractivity contribution >= 4 is 15.7 Å². The highest BCUT2D eigenvalue weighted by Crippen LogP contribution is 2.23. The van der Waals surface area contributed by atoms with E-state index in [1.54, 1.807) is 0 Å². The largest absolute Gasteiger partial charge is 0.402 e. The number of nitrogens with zero attached hydrogens (tertiary/aromatic N) is 2. The van der Waals surface area contributed by atoms with Gasteiger partial charge in [-0.15, -0.1) is 0 Å². The van der Waals surface area contributed by atoms with E-state index in [2.05, 4.69) is 10.4 Å². The summed E-state index contributed by atoms with van der Waals surface area (Å²) < 4.78 is 60.4. The van der Waals surface area contributed by atoms with Crippen LogP contribution in [0.4, 0.5) is 18.9 Å². The first-order chi connectivity index (χ1) is 8.18. The molecule has 10 heteroatoms. The molecule has 6 nitrogen and oxygen atoms in total. The fourth-order valence-electron chi connectivity index (χ4n) is 1.19. The van der Waals surface area contributed by atoms with Gasteiger partial charge in [-0.1, -0.05) is 0 Å². The summed E-state index contributed by atoms with van der Waals surface area (Å²) in [6.45, 7) is -1.60. The summed E-state index contributed by atoms with van der Waals surface area (Å²) in [6.07, 6.45) is -3.48. The third kappa shape index (κ3) is 3.31. The van der Waals surface area contributed by atoms with Crippen LogP contribution in [0.1, 0.15) is 0 Å². The summed E-state index contributed by atoms with van der Waals surface area (Å²) >= 11 is 0. The van der Waals surface area contributed by atoms with Crippen LogP contribution in [0.3, 0.4) is 0 Å². The van der Waals surface area contributed by atoms with Gasteiger partial charge in [0.05, 0.1) is 5.69 Å². The zero-order valence-electron chi connectivity index (χ0n) is 9.27. The number of nitrogens with two attached hydrogens (primary N) is 1. The van der Waals surface area contributed by atoms with E-state index in [-0.39, 0.29) is 9.99 Å². The maximum atomic E-state index is 12.2. The van der Waals surface area contributed by atoms with Crippen molar-refractivity contribution in [1.82, 2.24) is 9.29 Å². The Hall–Kier alpha value is -1.39. The number of nitrogen functional groups attached to an aromatic ring is 1. The predicted octanol–water partition coefficient (Wildman–Crippen LogP) is 0.550. The van der Waals surface area contributed by atoms with Crippen LogP contribution in [0, 0.1) is 0 Å². The van der Waals surface area contributed by atoms with Gasteiger partial charge in [0.1, 0.15) is 6.54 Å². The molecule has 3 N–H and O–H groups in total. The number of aromatic nitrogens is 1. The third-order valence-electron chi connectivity index (χ3n) is 1.98. The molecule has 1 aromatic heterocycles. The van der Waals surface area contributed by atoms with Crippen molar-refractivity contribution in [3.05, 3.63) is 18.3 Å². The van der Waals surface area contributed by atoms with Gasteiger partial charge < -0.3 is 5.43 Å². The summed E-state index contributed by atoms with van der Waals surface area (Å²) in [5.74, 6) is 5.08. The topological polar surface area (TPSA) is 88.3 Å². The van der Waals surface area contributed by atoms with Crippen LogP contribution < -0.4 is 11.3 Å². The quantitative estimate of drug-likeness (QED) is 0.622. The van der Waals surface area contributed by atoms with Gasteiger partial charge in [-0.25, -0.2) is 13.4 Å². The number of alkyl halides is 3. The minimum atomic E-state index is -4.63. The second-order valence-corrected chi connectivity index (χ2v) is 5.34. The minimum Gasteiger partial charge on any atom is -0.321 e. The van der Waals surface area contributed by atoms with Crippen molar-refractivity contribution in [1.29, 1.82) is 0 Å². The first-order valence-corrected chi connectivity index (χ1v) is 6.07. The van der Waals surface area contributed by atoms with Crippen molar-refractivity contribution < 1.29 is 21.6 Å². The van der Waals surface area contributed by atoms with Gasteiger partial charge in [0.15, 0.2) is 5.03 Å². The summed E-state index contributed by atoms with van der Waals surface area (Å²) in [7, 11) is -3.54. The zero-order valence-corrected chi connectivity index (χ0v) is 10.1. The molecule has 102 valence electrons. The molecule has 0 aliphatic rings. The summed E-state index contributed by atoms with van der Waals surface area (Å²) in [6, 6.07) is 2.69. The van der Waals surface area contributed by atoms with Crippen molar-refractivity contribution in [2.45, 2.75) is 11.2 Å². The van der Waals surface area contributed by atoms with Crippen LogP contribution >= 0.6 is 0 Å². The van der Waals surface area contributed by atoms with Gasteiger partial charge in [0.2, 0.25) is 0 Å². The lowest BCUT2D eigenvalue weighted by molar-refractivity contribution is -0.134. The van der Waals surface area contributed by atoms with Crippen LogP contribution in [0.25, 0.3) is 0 Å². The maximum Gasteiger partial charge on any atom is 0.402 e. The molecule has 0 unspecified atom stereocenters. The maximum absolute atomic E-state index is 12.2. The first kappa shape index (κ1) is 14.7. The normalized spacial score (nSPS) is 12.8. The molecule has 1 aromatic rings. The Bertz CT molecular complexity index is 517. The molecule has 0 amide bonds. The lowest BCUT2D eigenvalue weighted by Crippen LogP contribution is -2.36. The van der Waals surface area contributed by atoms with Crippen LogP contribution in [-0.2, 0) is 10.0 Å². The molecular weight excluding hydrogens is 273 g/mol. The Morgan fingerprint density at radius 2 is 2.11 bits per heavy atom. The SMILES string of the molecule is CN(CC(F)(F)F)S(=O)(=O)c1ncccc1NN.